The maximum Gasteiger partial charge on any atom is 0.0725 e. The molecule has 58 valence electrons. The molecule has 0 aromatic carbocycles. The summed E-state index contributed by atoms with van der Waals surface area (Å²) in [6.07, 6.45) is 1.16. The zero-order chi connectivity index (χ0) is 7.68. The van der Waals surface area contributed by atoms with E-state index in [1.54, 1.807) is 23.1 Å². The Hall–Kier alpha value is -0.280. The van der Waals surface area contributed by atoms with Crippen LogP contribution in [0.3, 0.4) is 0 Å². The topological polar surface area (TPSA) is 23.9 Å². The Balaban J connectivity index is 2.23. The SMILES string of the molecule is N=C1SCCC1c1cccs1. The quantitative estimate of drug-likeness (QED) is 0.711. The van der Waals surface area contributed by atoms with Crippen LogP contribution in [0.1, 0.15) is 17.2 Å². The summed E-state index contributed by atoms with van der Waals surface area (Å²) in [6, 6.07) is 4.20. The Morgan fingerprint density at radius 1 is 1.55 bits per heavy atom. The van der Waals surface area contributed by atoms with Gasteiger partial charge in [-0.25, -0.2) is 0 Å². The highest BCUT2D eigenvalue weighted by Crippen LogP contribution is 2.36. The third-order valence-corrected chi connectivity index (χ3v) is 3.89. The molecule has 1 atom stereocenters. The van der Waals surface area contributed by atoms with Crippen LogP contribution in [-0.4, -0.2) is 10.8 Å². The fraction of sp³-hybridized carbons (Fsp3) is 0.375. The molecule has 1 unspecified atom stereocenters. The van der Waals surface area contributed by atoms with E-state index in [4.69, 9.17) is 5.41 Å². The summed E-state index contributed by atoms with van der Waals surface area (Å²) in [5.74, 6) is 1.56. The average Bonchev–Trinajstić information content (AvgIpc) is 2.55. The highest BCUT2D eigenvalue weighted by atomic mass is 32.2. The molecule has 1 N–H and O–H groups in total. The van der Waals surface area contributed by atoms with E-state index >= 15 is 0 Å². The molecule has 1 aromatic heterocycles. The molecule has 1 saturated heterocycles. The van der Waals surface area contributed by atoms with Crippen LogP contribution in [0.5, 0.6) is 0 Å². The molecule has 0 radical (unpaired) electrons. The van der Waals surface area contributed by atoms with Gasteiger partial charge >= 0.3 is 0 Å². The molecule has 0 aliphatic carbocycles. The summed E-state index contributed by atoms with van der Waals surface area (Å²) < 4.78 is 0. The van der Waals surface area contributed by atoms with Gasteiger partial charge in [0, 0.05) is 16.5 Å². The van der Waals surface area contributed by atoms with Gasteiger partial charge in [-0.1, -0.05) is 6.07 Å². The van der Waals surface area contributed by atoms with Crippen molar-refractivity contribution in [2.24, 2.45) is 0 Å². The van der Waals surface area contributed by atoms with E-state index in [0.717, 1.165) is 17.2 Å². The van der Waals surface area contributed by atoms with E-state index in [1.807, 2.05) is 0 Å². The molecule has 2 rings (SSSR count). The highest BCUT2D eigenvalue weighted by molar-refractivity contribution is 8.14. The molecule has 0 bridgehead atoms. The van der Waals surface area contributed by atoms with Gasteiger partial charge in [0.2, 0.25) is 0 Å². The second-order valence-corrected chi connectivity index (χ2v) is 4.69. The number of thioether (sulfide) groups is 1. The first kappa shape index (κ1) is 7.37. The molecule has 0 amide bonds. The van der Waals surface area contributed by atoms with Gasteiger partial charge in [0.05, 0.1) is 5.04 Å². The molecule has 1 aliphatic heterocycles. The van der Waals surface area contributed by atoms with Crippen LogP contribution in [0.4, 0.5) is 0 Å². The maximum absolute atomic E-state index is 7.65. The molecule has 1 nitrogen and oxygen atoms in total. The lowest BCUT2D eigenvalue weighted by atomic mass is 10.1. The number of thiophene rings is 1. The predicted molar refractivity (Wildman–Crippen MR) is 51.9 cm³/mol. The molecule has 0 saturated carbocycles. The number of hydrogen-bond donors (Lipinski definition) is 1. The van der Waals surface area contributed by atoms with Gasteiger partial charge in [-0.3, -0.25) is 5.41 Å². The van der Waals surface area contributed by atoms with Crippen molar-refractivity contribution in [3.63, 3.8) is 0 Å². The second kappa shape index (κ2) is 2.99. The average molecular weight is 183 g/mol. The first-order valence-electron chi connectivity index (χ1n) is 3.62. The van der Waals surface area contributed by atoms with Crippen LogP contribution in [0.25, 0.3) is 0 Å². The Morgan fingerprint density at radius 2 is 2.45 bits per heavy atom. The summed E-state index contributed by atoms with van der Waals surface area (Å²) >= 11 is 3.46. The van der Waals surface area contributed by atoms with Gasteiger partial charge in [0.15, 0.2) is 0 Å². The minimum absolute atomic E-state index is 0.431. The van der Waals surface area contributed by atoms with Crippen molar-refractivity contribution in [1.29, 1.82) is 5.41 Å². The lowest BCUT2D eigenvalue weighted by Gasteiger charge is -2.03. The van der Waals surface area contributed by atoms with Crippen LogP contribution in [0.2, 0.25) is 0 Å². The number of hydrogen-bond acceptors (Lipinski definition) is 3. The van der Waals surface area contributed by atoms with Crippen LogP contribution in [0, 0.1) is 5.41 Å². The molecule has 2 heterocycles. The van der Waals surface area contributed by atoms with Crippen molar-refractivity contribution in [2.75, 3.05) is 5.75 Å². The zero-order valence-electron chi connectivity index (χ0n) is 6.04. The minimum Gasteiger partial charge on any atom is -0.298 e. The summed E-state index contributed by atoms with van der Waals surface area (Å²) in [7, 11) is 0. The van der Waals surface area contributed by atoms with Gasteiger partial charge in [-0.2, -0.15) is 0 Å². The second-order valence-electron chi connectivity index (χ2n) is 2.57. The Morgan fingerprint density at radius 3 is 3.00 bits per heavy atom. The van der Waals surface area contributed by atoms with Gasteiger partial charge in [0.1, 0.15) is 0 Å². The molecular formula is C8H9NS2. The Kier molecular flexibility index (Phi) is 2.00. The van der Waals surface area contributed by atoms with Crippen molar-refractivity contribution >= 4 is 28.1 Å². The van der Waals surface area contributed by atoms with Gasteiger partial charge in [-0.15, -0.1) is 23.1 Å². The van der Waals surface area contributed by atoms with Crippen molar-refractivity contribution < 1.29 is 0 Å². The largest absolute Gasteiger partial charge is 0.298 e. The molecule has 1 aromatic rings. The van der Waals surface area contributed by atoms with E-state index < -0.39 is 0 Å². The number of rotatable bonds is 1. The Bertz CT molecular complexity index is 253. The lowest BCUT2D eigenvalue weighted by molar-refractivity contribution is 0.898. The zero-order valence-corrected chi connectivity index (χ0v) is 7.67. The minimum atomic E-state index is 0.431. The normalized spacial score (nSPS) is 24.4. The molecule has 11 heavy (non-hydrogen) atoms. The van der Waals surface area contributed by atoms with Crippen LogP contribution < -0.4 is 0 Å². The van der Waals surface area contributed by atoms with Crippen molar-refractivity contribution in [2.45, 2.75) is 12.3 Å². The molecular weight excluding hydrogens is 174 g/mol. The van der Waals surface area contributed by atoms with E-state index in [2.05, 4.69) is 17.5 Å². The molecule has 0 spiro atoms. The van der Waals surface area contributed by atoms with E-state index in [9.17, 15) is 0 Å². The summed E-state index contributed by atoms with van der Waals surface area (Å²) in [5.41, 5.74) is 0. The fourth-order valence-electron chi connectivity index (χ4n) is 1.28. The summed E-state index contributed by atoms with van der Waals surface area (Å²) in [5, 5.41) is 10.6. The molecule has 3 heteroatoms. The standard InChI is InChI=1S/C8H9NS2/c9-8-6(3-5-11-8)7-2-1-4-10-7/h1-2,4,6,9H,3,5H2. The number of nitrogens with one attached hydrogen (secondary N) is 1. The summed E-state index contributed by atoms with van der Waals surface area (Å²) in [6.45, 7) is 0. The third-order valence-electron chi connectivity index (χ3n) is 1.87. The maximum atomic E-state index is 7.65. The highest BCUT2D eigenvalue weighted by Gasteiger charge is 2.23. The van der Waals surface area contributed by atoms with E-state index in [1.165, 1.54) is 4.88 Å². The van der Waals surface area contributed by atoms with Crippen molar-refractivity contribution in [3.8, 4) is 0 Å². The monoisotopic (exact) mass is 183 g/mol. The Labute approximate surface area is 74.3 Å². The first-order valence-corrected chi connectivity index (χ1v) is 5.49. The van der Waals surface area contributed by atoms with Crippen LogP contribution in [-0.2, 0) is 0 Å². The summed E-state index contributed by atoms with van der Waals surface area (Å²) in [4.78, 5) is 1.36. The fourth-order valence-corrected chi connectivity index (χ4v) is 3.24. The van der Waals surface area contributed by atoms with Gasteiger partial charge in [-0.05, 0) is 17.9 Å². The first-order chi connectivity index (χ1) is 5.38. The predicted octanol–water partition coefficient (Wildman–Crippen LogP) is 2.95. The van der Waals surface area contributed by atoms with E-state index in [0.29, 0.717) is 5.92 Å². The van der Waals surface area contributed by atoms with Crippen LogP contribution >= 0.6 is 23.1 Å². The smallest absolute Gasteiger partial charge is 0.0725 e. The molecule has 1 fully saturated rings. The lowest BCUT2D eigenvalue weighted by Crippen LogP contribution is -1.98. The van der Waals surface area contributed by atoms with Gasteiger partial charge in [0.25, 0.3) is 0 Å². The van der Waals surface area contributed by atoms with Crippen molar-refractivity contribution in [3.05, 3.63) is 22.4 Å². The van der Waals surface area contributed by atoms with Gasteiger partial charge < -0.3 is 0 Å². The van der Waals surface area contributed by atoms with Crippen molar-refractivity contribution in [1.82, 2.24) is 0 Å². The third kappa shape index (κ3) is 1.35. The van der Waals surface area contributed by atoms with Crippen LogP contribution in [0.15, 0.2) is 17.5 Å². The molecule has 1 aliphatic rings. The van der Waals surface area contributed by atoms with E-state index in [-0.39, 0.29) is 0 Å².